The van der Waals surface area contributed by atoms with Crippen molar-refractivity contribution in [3.8, 4) is 0 Å². The minimum atomic E-state index is -2.09. The second-order valence-electron chi connectivity index (χ2n) is 16.5. The lowest BCUT2D eigenvalue weighted by atomic mass is 9.95. The van der Waals surface area contributed by atoms with E-state index in [2.05, 4.69) is 0 Å². The molecule has 26 nitrogen and oxygen atoms in total. The normalized spacial score (nSPS) is 33.2. The maximum atomic E-state index is 13.1. The lowest BCUT2D eigenvalue weighted by Gasteiger charge is -2.50. The van der Waals surface area contributed by atoms with E-state index in [4.69, 9.17) is 80.5 Å². The third kappa shape index (κ3) is 15.1. The summed E-state index contributed by atoms with van der Waals surface area (Å²) in [6.07, 6.45) is -25.1. The highest BCUT2D eigenvalue weighted by Gasteiger charge is 2.63. The van der Waals surface area contributed by atoms with Gasteiger partial charge in [0.25, 0.3) is 5.79 Å². The number of methoxy groups -OCH3 is 1. The fourth-order valence-electron chi connectivity index (χ4n) is 8.12. The Balaban J connectivity index is 1.62. The highest BCUT2D eigenvalue weighted by molar-refractivity contribution is 5.77. The Morgan fingerprint density at radius 1 is 0.479 bits per heavy atom. The number of fused-ring (bicyclic) bond motifs is 1. The Morgan fingerprint density at radius 3 is 1.35 bits per heavy atom. The van der Waals surface area contributed by atoms with Gasteiger partial charge in [0.1, 0.15) is 43.7 Å². The van der Waals surface area contributed by atoms with Crippen molar-refractivity contribution in [2.45, 2.75) is 167 Å². The molecule has 26 heteroatoms. The van der Waals surface area contributed by atoms with Crippen LogP contribution >= 0.6 is 0 Å². The molecule has 4 heterocycles. The zero-order chi connectivity index (χ0) is 52.3. The minimum Gasteiger partial charge on any atom is -0.465 e. The molecule has 71 heavy (non-hydrogen) atoms. The van der Waals surface area contributed by atoms with Crippen LogP contribution in [-0.2, 0) is 130 Å². The van der Waals surface area contributed by atoms with Gasteiger partial charge in [0, 0.05) is 62.3 Å². The Morgan fingerprint density at radius 2 is 0.887 bits per heavy atom. The van der Waals surface area contributed by atoms with Crippen LogP contribution in [0, 0.1) is 0 Å². The molecule has 1 aromatic rings. The molecule has 0 radical (unpaired) electrons. The first-order chi connectivity index (χ1) is 33.5. The van der Waals surface area contributed by atoms with E-state index in [9.17, 15) is 43.2 Å². The van der Waals surface area contributed by atoms with Gasteiger partial charge in [-0.1, -0.05) is 30.3 Å². The van der Waals surface area contributed by atoms with Gasteiger partial charge in [-0.05, 0) is 5.56 Å². The summed E-state index contributed by atoms with van der Waals surface area (Å²) < 4.78 is 99.3. The Kier molecular flexibility index (Phi) is 19.7. The number of benzene rings is 1. The molecule has 5 rings (SSSR count). The molecule has 16 atom stereocenters. The van der Waals surface area contributed by atoms with Gasteiger partial charge in [0.2, 0.25) is 0 Å². The van der Waals surface area contributed by atoms with Crippen LogP contribution in [0.1, 0.15) is 67.9 Å². The maximum absolute atomic E-state index is 13.1. The molecule has 4 aliphatic rings. The van der Waals surface area contributed by atoms with Crippen molar-refractivity contribution in [2.24, 2.45) is 0 Å². The van der Waals surface area contributed by atoms with Gasteiger partial charge in [-0.3, -0.25) is 38.4 Å². The van der Waals surface area contributed by atoms with Crippen LogP contribution in [0.15, 0.2) is 30.3 Å². The molecule has 0 unspecified atom stereocenters. The van der Waals surface area contributed by atoms with E-state index in [0.29, 0.717) is 0 Å². The van der Waals surface area contributed by atoms with E-state index in [0.717, 1.165) is 68.1 Å². The summed E-state index contributed by atoms with van der Waals surface area (Å²) >= 11 is 0. The van der Waals surface area contributed by atoms with E-state index >= 15 is 0 Å². The van der Waals surface area contributed by atoms with Crippen LogP contribution in [0.25, 0.3) is 0 Å². The summed E-state index contributed by atoms with van der Waals surface area (Å²) in [7, 11) is 1.09. The molecule has 0 amide bonds. The fraction of sp³-hybridized carbons (Fsp3) is 0.667. The van der Waals surface area contributed by atoms with Crippen molar-refractivity contribution in [1.82, 2.24) is 0 Å². The third-order valence-electron chi connectivity index (χ3n) is 10.7. The molecule has 0 aliphatic carbocycles. The average Bonchev–Trinajstić information content (AvgIpc) is 3.63. The first-order valence-electron chi connectivity index (χ1n) is 22.1. The topological polar surface area (TPSA) is 311 Å². The molecule has 0 spiro atoms. The highest BCUT2D eigenvalue weighted by atomic mass is 16.9. The van der Waals surface area contributed by atoms with Crippen LogP contribution in [0.2, 0.25) is 0 Å². The lowest BCUT2D eigenvalue weighted by Crippen LogP contribution is -2.68. The average molecular weight is 1010 g/mol. The second kappa shape index (κ2) is 25.0. The van der Waals surface area contributed by atoms with E-state index in [1.807, 2.05) is 0 Å². The molecule has 0 saturated carbocycles. The zero-order valence-corrected chi connectivity index (χ0v) is 40.5. The van der Waals surface area contributed by atoms with E-state index in [1.165, 1.54) is 6.92 Å². The van der Waals surface area contributed by atoms with Gasteiger partial charge in [0.15, 0.2) is 61.6 Å². The summed E-state index contributed by atoms with van der Waals surface area (Å²) in [4.78, 5) is 114. The first-order valence-corrected chi connectivity index (χ1v) is 22.1. The molecule has 0 N–H and O–H groups in total. The van der Waals surface area contributed by atoms with Crippen molar-refractivity contribution in [3.63, 3.8) is 0 Å². The predicted octanol–water partition coefficient (Wildman–Crippen LogP) is 0.169. The molecular weight excluding hydrogens is 956 g/mol. The molecule has 1 aromatic carbocycles. The quantitative estimate of drug-likeness (QED) is 0.132. The van der Waals surface area contributed by atoms with Crippen LogP contribution in [0.3, 0.4) is 0 Å². The number of carbonyl (C=O) groups is 9. The summed E-state index contributed by atoms with van der Waals surface area (Å²) in [6.45, 7) is 7.75. The summed E-state index contributed by atoms with van der Waals surface area (Å²) in [5, 5.41) is 0. The maximum Gasteiger partial charge on any atom is 0.366 e. The van der Waals surface area contributed by atoms with Gasteiger partial charge in [-0.2, -0.15) is 0 Å². The van der Waals surface area contributed by atoms with Crippen LogP contribution < -0.4 is 0 Å². The Hall–Kier alpha value is -5.87. The second-order valence-corrected chi connectivity index (χ2v) is 16.5. The summed E-state index contributed by atoms with van der Waals surface area (Å²) in [5.41, 5.74) is 0.750. The Bertz CT molecular complexity index is 2080. The molecule has 4 aliphatic heterocycles. The number of hydrogen-bond acceptors (Lipinski definition) is 26. The number of rotatable bonds is 19. The molecule has 0 bridgehead atoms. The third-order valence-corrected chi connectivity index (χ3v) is 10.7. The highest BCUT2D eigenvalue weighted by Crippen LogP contribution is 2.42. The fourth-order valence-corrected chi connectivity index (χ4v) is 8.12. The van der Waals surface area contributed by atoms with Crippen molar-refractivity contribution in [2.75, 3.05) is 26.9 Å². The van der Waals surface area contributed by atoms with E-state index < -0.39 is 165 Å². The largest absolute Gasteiger partial charge is 0.465 e. The van der Waals surface area contributed by atoms with E-state index in [1.54, 1.807) is 30.3 Å². The first kappa shape index (κ1) is 56.0. The van der Waals surface area contributed by atoms with Crippen LogP contribution in [0.5, 0.6) is 0 Å². The standard InChI is InChI=1S/C45H58O26/c1-20(46)57-18-30-32(59-22(3)48)35(60-23(4)49)38(63-26(7)52)41(65-30)69-34-31(19-58-21(2)47)66-42(39(64-27(8)53)36(34)61-24(5)50)68-33-29(17-56-16-28-14-12-11-13-15-28)67-43-40(37(33)62-25(6)51)70-45(9,71-43)44(54)55-10/h11-15,29-43H,16-19H2,1-10H3/t29-,30-,31-,32+,33-,34+,35+,36+,37+,38-,39-,40-,41-,42+,43-,45-/m1/s1. The monoisotopic (exact) mass is 1010 g/mol. The van der Waals surface area contributed by atoms with Gasteiger partial charge in [-0.15, -0.1) is 0 Å². The predicted molar refractivity (Wildman–Crippen MR) is 225 cm³/mol. The molecule has 4 fully saturated rings. The SMILES string of the molecule is COC(=O)[C@@]1(C)O[C@H]2O[C@H](COCc3ccccc3)[C@@H](O[C@@H]3O[C@H](COC(C)=O)[C@H](O[C@H]4O[C@H](COC(C)=O)[C@H](OC(C)=O)[C@H](OC(C)=O)[C@H]4OC(C)=O)[C@H](OC(C)=O)[C@H]3OC(C)=O)[C@H](OC(C)=O)[C@H]2O1. The molecule has 4 saturated heterocycles. The van der Waals surface area contributed by atoms with Gasteiger partial charge >= 0.3 is 53.7 Å². The number of esters is 9. The van der Waals surface area contributed by atoms with Crippen molar-refractivity contribution in [1.29, 1.82) is 0 Å². The van der Waals surface area contributed by atoms with Crippen LogP contribution in [-0.4, -0.2) is 179 Å². The van der Waals surface area contributed by atoms with E-state index in [-0.39, 0.29) is 13.2 Å². The summed E-state index contributed by atoms with van der Waals surface area (Å²) in [6, 6.07) is 8.96. The number of hydrogen-bond donors (Lipinski definition) is 0. The number of carbonyl (C=O) groups excluding carboxylic acids is 9. The van der Waals surface area contributed by atoms with Crippen molar-refractivity contribution < 1.29 is 124 Å². The van der Waals surface area contributed by atoms with Gasteiger partial charge in [0.05, 0.1) is 20.3 Å². The smallest absolute Gasteiger partial charge is 0.366 e. The number of ether oxygens (including phenoxy) is 17. The van der Waals surface area contributed by atoms with Gasteiger partial charge < -0.3 is 80.5 Å². The van der Waals surface area contributed by atoms with Crippen molar-refractivity contribution in [3.05, 3.63) is 35.9 Å². The molecule has 0 aromatic heterocycles. The molecular formula is C45H58O26. The van der Waals surface area contributed by atoms with Crippen LogP contribution in [0.4, 0.5) is 0 Å². The minimum absolute atomic E-state index is 0.0320. The summed E-state index contributed by atoms with van der Waals surface area (Å²) in [5.74, 6) is -10.5. The Labute approximate surface area is 406 Å². The van der Waals surface area contributed by atoms with Crippen molar-refractivity contribution >= 4 is 53.7 Å². The zero-order valence-electron chi connectivity index (χ0n) is 40.5. The molecule has 394 valence electrons. The lowest BCUT2D eigenvalue weighted by molar-refractivity contribution is -0.375. The van der Waals surface area contributed by atoms with Gasteiger partial charge in [-0.25, -0.2) is 4.79 Å².